The zero-order valence-corrected chi connectivity index (χ0v) is 24.0. The number of nitrogens with zero attached hydrogens (tertiary/aromatic N) is 4. The van der Waals surface area contributed by atoms with Crippen molar-refractivity contribution >= 4 is 11.9 Å². The van der Waals surface area contributed by atoms with Crippen LogP contribution in [0.3, 0.4) is 0 Å². The number of methoxy groups -OCH3 is 1. The SMILES string of the molecule is CCCCN(CCCN(C)C)C(=O)CN1C[C@H](c2cc(OC)c3c(c2)OCO3)C(C(=O)O)[C@@H]1CCc1ncco1. The Bertz CT molecular complexity index is 1120. The van der Waals surface area contributed by atoms with E-state index in [0.717, 1.165) is 31.4 Å². The minimum Gasteiger partial charge on any atom is -0.493 e. The molecule has 1 amide bonds. The number of unbranched alkanes of at least 4 members (excludes halogenated alkanes) is 1. The second-order valence-electron chi connectivity index (χ2n) is 10.8. The molecule has 2 aromatic rings. The number of aliphatic carboxylic acids is 1. The van der Waals surface area contributed by atoms with Gasteiger partial charge in [-0.15, -0.1) is 0 Å². The molecule has 4 rings (SSSR count). The number of carbonyl (C=O) groups is 2. The van der Waals surface area contributed by atoms with Gasteiger partial charge in [0.2, 0.25) is 18.4 Å². The summed E-state index contributed by atoms with van der Waals surface area (Å²) in [4.78, 5) is 36.8. The summed E-state index contributed by atoms with van der Waals surface area (Å²) in [7, 11) is 5.60. The molecule has 1 saturated heterocycles. The van der Waals surface area contributed by atoms with Crippen LogP contribution in [0.4, 0.5) is 0 Å². The molecule has 11 heteroatoms. The summed E-state index contributed by atoms with van der Waals surface area (Å²) in [6.45, 7) is 5.05. The lowest BCUT2D eigenvalue weighted by atomic mass is 9.83. The molecule has 1 N–H and O–H groups in total. The first-order valence-electron chi connectivity index (χ1n) is 14.1. The summed E-state index contributed by atoms with van der Waals surface area (Å²) >= 11 is 0. The van der Waals surface area contributed by atoms with Gasteiger partial charge in [0.1, 0.15) is 6.26 Å². The molecule has 2 aliphatic heterocycles. The van der Waals surface area contributed by atoms with Crippen molar-refractivity contribution in [1.82, 2.24) is 19.7 Å². The summed E-state index contributed by atoms with van der Waals surface area (Å²) < 4.78 is 22.2. The van der Waals surface area contributed by atoms with E-state index in [0.29, 0.717) is 55.6 Å². The summed E-state index contributed by atoms with van der Waals surface area (Å²) in [6, 6.07) is 3.29. The second kappa shape index (κ2) is 13.8. The number of hydrogen-bond donors (Lipinski definition) is 1. The minimum atomic E-state index is -0.900. The number of carboxylic acids is 1. The van der Waals surface area contributed by atoms with Crippen LogP contribution in [0.25, 0.3) is 0 Å². The van der Waals surface area contributed by atoms with Crippen molar-refractivity contribution in [1.29, 1.82) is 0 Å². The van der Waals surface area contributed by atoms with Gasteiger partial charge < -0.3 is 33.5 Å². The molecule has 2 aliphatic rings. The average molecular weight is 559 g/mol. The Morgan fingerprint density at radius 3 is 2.65 bits per heavy atom. The maximum absolute atomic E-state index is 13.7. The van der Waals surface area contributed by atoms with Gasteiger partial charge in [-0.3, -0.25) is 14.5 Å². The van der Waals surface area contributed by atoms with Gasteiger partial charge in [-0.1, -0.05) is 13.3 Å². The Morgan fingerprint density at radius 1 is 1.18 bits per heavy atom. The molecule has 0 aliphatic carbocycles. The smallest absolute Gasteiger partial charge is 0.308 e. The maximum atomic E-state index is 13.7. The normalized spacial score (nSPS) is 20.3. The molecule has 1 aromatic carbocycles. The Labute approximate surface area is 236 Å². The van der Waals surface area contributed by atoms with Gasteiger partial charge in [0.25, 0.3) is 0 Å². The summed E-state index contributed by atoms with van der Waals surface area (Å²) in [5.74, 6) is 0.128. The zero-order valence-electron chi connectivity index (χ0n) is 24.0. The van der Waals surface area contributed by atoms with Crippen LogP contribution in [0, 0.1) is 5.92 Å². The highest BCUT2D eigenvalue weighted by atomic mass is 16.7. The molecule has 1 fully saturated rings. The van der Waals surface area contributed by atoms with Gasteiger partial charge in [0.05, 0.1) is 25.8 Å². The monoisotopic (exact) mass is 558 g/mol. The third kappa shape index (κ3) is 7.06. The average Bonchev–Trinajstić information content (AvgIpc) is 3.68. The van der Waals surface area contributed by atoms with Crippen LogP contribution in [-0.4, -0.2) is 103 Å². The number of rotatable bonds is 15. The summed E-state index contributed by atoms with van der Waals surface area (Å²) in [5, 5.41) is 10.5. The van der Waals surface area contributed by atoms with Crippen LogP contribution >= 0.6 is 0 Å². The Kier molecular flexibility index (Phi) is 10.3. The Morgan fingerprint density at radius 2 is 1.98 bits per heavy atom. The van der Waals surface area contributed by atoms with Crippen molar-refractivity contribution in [2.45, 2.75) is 51.0 Å². The van der Waals surface area contributed by atoms with Gasteiger partial charge in [-0.2, -0.15) is 0 Å². The highest BCUT2D eigenvalue weighted by Crippen LogP contribution is 2.47. The number of aromatic nitrogens is 1. The zero-order chi connectivity index (χ0) is 28.6. The molecule has 1 aromatic heterocycles. The highest BCUT2D eigenvalue weighted by molar-refractivity contribution is 5.79. The number of fused-ring (bicyclic) bond motifs is 1. The van der Waals surface area contributed by atoms with Gasteiger partial charge in [-0.25, -0.2) is 4.98 Å². The molecule has 40 heavy (non-hydrogen) atoms. The van der Waals surface area contributed by atoms with Gasteiger partial charge in [0.15, 0.2) is 17.4 Å². The van der Waals surface area contributed by atoms with Crippen LogP contribution in [0.1, 0.15) is 50.0 Å². The quantitative estimate of drug-likeness (QED) is 0.349. The van der Waals surface area contributed by atoms with Crippen LogP contribution < -0.4 is 14.2 Å². The number of hydrogen-bond acceptors (Lipinski definition) is 9. The van der Waals surface area contributed by atoms with Crippen molar-refractivity contribution in [3.63, 3.8) is 0 Å². The van der Waals surface area contributed by atoms with E-state index in [1.807, 2.05) is 36.0 Å². The van der Waals surface area contributed by atoms with E-state index in [4.69, 9.17) is 18.6 Å². The van der Waals surface area contributed by atoms with Crippen molar-refractivity contribution in [3.05, 3.63) is 36.0 Å². The molecule has 0 spiro atoms. The van der Waals surface area contributed by atoms with Crippen LogP contribution in [0.5, 0.6) is 17.2 Å². The van der Waals surface area contributed by atoms with E-state index >= 15 is 0 Å². The predicted octanol–water partition coefficient (Wildman–Crippen LogP) is 3.09. The fraction of sp³-hybridized carbons (Fsp3) is 0.621. The standard InChI is InChI=1S/C29H42N4O7/c1-5-6-12-32(13-7-11-31(2)3)26(34)18-33-17-21(20-15-23(37-4)28-24(16-20)39-19-40-28)27(29(35)36)22(33)8-9-25-30-10-14-38-25/h10,14-16,21-22,27H,5-9,11-13,17-19H2,1-4H3,(H,35,36)/t21-,22+,27?/m1/s1. The molecule has 0 saturated carbocycles. The second-order valence-corrected chi connectivity index (χ2v) is 10.8. The summed E-state index contributed by atoms with van der Waals surface area (Å²) in [5.41, 5.74) is 0.790. The highest BCUT2D eigenvalue weighted by Gasteiger charge is 2.47. The first-order valence-corrected chi connectivity index (χ1v) is 14.1. The van der Waals surface area contributed by atoms with Crippen molar-refractivity contribution in [3.8, 4) is 17.2 Å². The van der Waals surface area contributed by atoms with Crippen LogP contribution in [-0.2, 0) is 16.0 Å². The molecule has 0 bridgehead atoms. The lowest BCUT2D eigenvalue weighted by Gasteiger charge is -2.30. The number of likely N-dealkylation sites (tertiary alicyclic amines) is 1. The number of carboxylic acid groups (broad SMARTS) is 1. The molecular weight excluding hydrogens is 516 g/mol. The molecule has 220 valence electrons. The predicted molar refractivity (Wildman–Crippen MR) is 148 cm³/mol. The maximum Gasteiger partial charge on any atom is 0.308 e. The third-order valence-corrected chi connectivity index (χ3v) is 7.79. The molecular formula is C29H42N4O7. The van der Waals surface area contributed by atoms with Crippen molar-refractivity contribution in [2.24, 2.45) is 5.92 Å². The third-order valence-electron chi connectivity index (χ3n) is 7.79. The van der Waals surface area contributed by atoms with E-state index in [9.17, 15) is 14.7 Å². The lowest BCUT2D eigenvalue weighted by Crippen LogP contribution is -2.45. The molecule has 3 heterocycles. The van der Waals surface area contributed by atoms with E-state index in [1.54, 1.807) is 13.3 Å². The van der Waals surface area contributed by atoms with E-state index in [2.05, 4.69) is 16.8 Å². The van der Waals surface area contributed by atoms with Crippen LogP contribution in [0.2, 0.25) is 0 Å². The van der Waals surface area contributed by atoms with Gasteiger partial charge in [-0.05, 0) is 57.6 Å². The largest absolute Gasteiger partial charge is 0.493 e. The van der Waals surface area contributed by atoms with Gasteiger partial charge >= 0.3 is 5.97 Å². The van der Waals surface area contributed by atoms with E-state index in [1.165, 1.54) is 6.26 Å². The molecule has 1 unspecified atom stereocenters. The first-order chi connectivity index (χ1) is 19.3. The van der Waals surface area contributed by atoms with Crippen LogP contribution in [0.15, 0.2) is 29.0 Å². The molecule has 11 nitrogen and oxygen atoms in total. The summed E-state index contributed by atoms with van der Waals surface area (Å²) in [6.07, 6.45) is 6.88. The molecule has 3 atom stereocenters. The lowest BCUT2D eigenvalue weighted by molar-refractivity contribution is -0.143. The van der Waals surface area contributed by atoms with Gasteiger partial charge in [0, 0.05) is 38.0 Å². The van der Waals surface area contributed by atoms with E-state index in [-0.39, 0.29) is 31.2 Å². The minimum absolute atomic E-state index is 0.0291. The van der Waals surface area contributed by atoms with E-state index < -0.39 is 11.9 Å². The van der Waals surface area contributed by atoms with Crippen molar-refractivity contribution in [2.75, 3.05) is 60.7 Å². The Hall–Kier alpha value is -3.31. The molecule has 0 radical (unpaired) electrons. The Balaban J connectivity index is 1.60. The number of amides is 1. The number of benzene rings is 1. The number of ether oxygens (including phenoxy) is 3. The fourth-order valence-corrected chi connectivity index (χ4v) is 5.76. The topological polar surface area (TPSA) is 118 Å². The number of carbonyl (C=O) groups excluding carboxylic acids is 1. The number of oxazole rings is 1. The van der Waals surface area contributed by atoms with Crippen molar-refractivity contribution < 1.29 is 33.3 Å². The first kappa shape index (κ1) is 29.7. The fourth-order valence-electron chi connectivity index (χ4n) is 5.76. The number of aryl methyl sites for hydroxylation is 1.